The molecule has 0 spiro atoms. The van der Waals surface area contributed by atoms with Crippen molar-refractivity contribution in [3.8, 4) is 5.88 Å². The van der Waals surface area contributed by atoms with Crippen molar-refractivity contribution >= 4 is 49.8 Å². The summed E-state index contributed by atoms with van der Waals surface area (Å²) in [5, 5.41) is 11.5. The number of fused-ring (bicyclic) bond motifs is 1. The Bertz CT molecular complexity index is 1650. The average molecular weight is 514 g/mol. The molecule has 0 atom stereocenters. The molecular weight excluding hydrogens is 490 g/mol. The molecular formula is C28H23N3O3S2. The number of thioether (sulfide) groups is 1. The number of aliphatic imine (C=N–C) groups is 1. The van der Waals surface area contributed by atoms with Crippen LogP contribution < -0.4 is 4.72 Å². The molecule has 36 heavy (non-hydrogen) atoms. The first kappa shape index (κ1) is 23.7. The van der Waals surface area contributed by atoms with Gasteiger partial charge in [0.05, 0.1) is 21.9 Å². The standard InChI is InChI=1S/C28H23N3O3S2/c1-35-22-14-12-20(13-15-22)29-27(19-8-4-2-5-9-19)26-24-18-23(16-17-25(24)30-28(26)32)36(33,34)31-21-10-6-3-7-11-21/h2-18,30-32H,1H3. The monoisotopic (exact) mass is 513 g/mol. The lowest BCUT2D eigenvalue weighted by Gasteiger charge is -2.10. The number of hydrogen-bond donors (Lipinski definition) is 3. The topological polar surface area (TPSA) is 94.6 Å². The van der Waals surface area contributed by atoms with E-state index >= 15 is 0 Å². The van der Waals surface area contributed by atoms with Crippen LogP contribution in [-0.4, -0.2) is 30.5 Å². The van der Waals surface area contributed by atoms with Gasteiger partial charge in [0.25, 0.3) is 10.0 Å². The van der Waals surface area contributed by atoms with Gasteiger partial charge in [-0.25, -0.2) is 13.4 Å². The third-order valence-electron chi connectivity index (χ3n) is 5.68. The molecule has 0 aliphatic heterocycles. The van der Waals surface area contributed by atoms with Gasteiger partial charge in [0.1, 0.15) is 0 Å². The molecule has 0 aliphatic rings. The summed E-state index contributed by atoms with van der Waals surface area (Å²) in [6, 6.07) is 30.7. The molecule has 0 saturated heterocycles. The quantitative estimate of drug-likeness (QED) is 0.170. The summed E-state index contributed by atoms with van der Waals surface area (Å²) in [5.41, 5.74) is 3.54. The minimum atomic E-state index is -3.86. The SMILES string of the molecule is CSc1ccc(N=C(c2ccccc2)c2c(O)[nH]c3ccc(S(=O)(=O)Nc4ccccc4)cc23)cc1. The number of anilines is 1. The van der Waals surface area contributed by atoms with Gasteiger partial charge >= 0.3 is 0 Å². The van der Waals surface area contributed by atoms with Crippen molar-refractivity contribution in [1.82, 2.24) is 4.98 Å². The Morgan fingerprint density at radius 3 is 2.22 bits per heavy atom. The predicted molar refractivity (Wildman–Crippen MR) is 147 cm³/mol. The molecule has 3 N–H and O–H groups in total. The lowest BCUT2D eigenvalue weighted by atomic mass is 10.0. The van der Waals surface area contributed by atoms with Crippen LogP contribution in [0.5, 0.6) is 5.88 Å². The second-order valence-electron chi connectivity index (χ2n) is 8.05. The first-order valence-electron chi connectivity index (χ1n) is 11.2. The van der Waals surface area contributed by atoms with Crippen LogP contribution in [0.2, 0.25) is 0 Å². The van der Waals surface area contributed by atoms with Crippen molar-refractivity contribution in [3.63, 3.8) is 0 Å². The fraction of sp³-hybridized carbons (Fsp3) is 0.0357. The van der Waals surface area contributed by atoms with Crippen molar-refractivity contribution in [1.29, 1.82) is 0 Å². The fourth-order valence-corrected chi connectivity index (χ4v) is 5.42. The first-order valence-corrected chi connectivity index (χ1v) is 13.9. The Hall–Kier alpha value is -4.01. The Morgan fingerprint density at radius 2 is 1.56 bits per heavy atom. The maximum absolute atomic E-state index is 13.1. The number of rotatable bonds is 7. The van der Waals surface area contributed by atoms with Gasteiger partial charge in [-0.15, -0.1) is 11.8 Å². The molecule has 8 heteroatoms. The normalized spacial score (nSPS) is 12.1. The van der Waals surface area contributed by atoms with E-state index in [1.165, 1.54) is 6.07 Å². The number of para-hydroxylation sites is 1. The molecule has 5 rings (SSSR count). The lowest BCUT2D eigenvalue weighted by Crippen LogP contribution is -2.12. The van der Waals surface area contributed by atoms with Crippen molar-refractivity contribution in [2.45, 2.75) is 9.79 Å². The van der Waals surface area contributed by atoms with Crippen molar-refractivity contribution in [2.24, 2.45) is 4.99 Å². The van der Waals surface area contributed by atoms with E-state index in [1.54, 1.807) is 48.2 Å². The third kappa shape index (κ3) is 4.86. The van der Waals surface area contributed by atoms with E-state index in [-0.39, 0.29) is 10.8 Å². The zero-order chi connectivity index (χ0) is 25.1. The van der Waals surface area contributed by atoms with Crippen LogP contribution in [0.15, 0.2) is 118 Å². The van der Waals surface area contributed by atoms with E-state index in [2.05, 4.69) is 9.71 Å². The van der Waals surface area contributed by atoms with Gasteiger partial charge in [0, 0.05) is 27.0 Å². The molecule has 0 saturated carbocycles. The predicted octanol–water partition coefficient (Wildman–Crippen LogP) is 6.57. The summed E-state index contributed by atoms with van der Waals surface area (Å²) in [5.74, 6) is -0.0843. The van der Waals surface area contributed by atoms with Crippen LogP contribution in [0.25, 0.3) is 10.9 Å². The Balaban J connectivity index is 1.66. The highest BCUT2D eigenvalue weighted by molar-refractivity contribution is 7.98. The molecule has 0 amide bonds. The first-order chi connectivity index (χ1) is 17.4. The smallest absolute Gasteiger partial charge is 0.261 e. The molecule has 1 heterocycles. The molecule has 1 aromatic heterocycles. The Kier molecular flexibility index (Phi) is 6.54. The number of nitrogens with zero attached hydrogens (tertiary/aromatic N) is 1. The molecule has 0 aliphatic carbocycles. The van der Waals surface area contributed by atoms with Gasteiger partial charge in [-0.05, 0) is 60.9 Å². The largest absolute Gasteiger partial charge is 0.494 e. The molecule has 180 valence electrons. The van der Waals surface area contributed by atoms with Crippen molar-refractivity contribution in [3.05, 3.63) is 114 Å². The highest BCUT2D eigenvalue weighted by Crippen LogP contribution is 2.33. The second-order valence-corrected chi connectivity index (χ2v) is 10.6. The molecule has 6 nitrogen and oxygen atoms in total. The number of hydrogen-bond acceptors (Lipinski definition) is 5. The summed E-state index contributed by atoms with van der Waals surface area (Å²) in [7, 11) is -3.86. The summed E-state index contributed by atoms with van der Waals surface area (Å²) in [4.78, 5) is 9.04. The van der Waals surface area contributed by atoms with E-state index < -0.39 is 10.0 Å². The van der Waals surface area contributed by atoms with E-state index in [9.17, 15) is 13.5 Å². The van der Waals surface area contributed by atoms with E-state index in [4.69, 9.17) is 4.99 Å². The molecule has 4 aromatic carbocycles. The number of aromatic amines is 1. The zero-order valence-electron chi connectivity index (χ0n) is 19.3. The van der Waals surface area contributed by atoms with Gasteiger partial charge in [0.15, 0.2) is 5.88 Å². The Labute approximate surface area is 213 Å². The zero-order valence-corrected chi connectivity index (χ0v) is 21.0. The summed E-state index contributed by atoms with van der Waals surface area (Å²) >= 11 is 1.64. The van der Waals surface area contributed by atoms with Crippen LogP contribution in [0.4, 0.5) is 11.4 Å². The minimum Gasteiger partial charge on any atom is -0.494 e. The molecule has 5 aromatic rings. The van der Waals surface area contributed by atoms with Gasteiger partial charge in [-0.1, -0.05) is 48.5 Å². The van der Waals surface area contributed by atoms with Crippen LogP contribution >= 0.6 is 11.8 Å². The number of benzene rings is 4. The van der Waals surface area contributed by atoms with Gasteiger partial charge < -0.3 is 10.1 Å². The molecule has 0 bridgehead atoms. The molecule has 0 radical (unpaired) electrons. The van der Waals surface area contributed by atoms with Crippen LogP contribution in [0.1, 0.15) is 11.1 Å². The summed E-state index contributed by atoms with van der Waals surface area (Å²) in [6.07, 6.45) is 2.01. The number of aromatic hydroxyl groups is 1. The highest BCUT2D eigenvalue weighted by atomic mass is 32.2. The maximum Gasteiger partial charge on any atom is 0.261 e. The number of nitrogens with one attached hydrogen (secondary N) is 2. The third-order valence-corrected chi connectivity index (χ3v) is 7.81. The fourth-order valence-electron chi connectivity index (χ4n) is 3.93. The molecule has 0 unspecified atom stereocenters. The number of sulfonamides is 1. The minimum absolute atomic E-state index is 0.0795. The van der Waals surface area contributed by atoms with E-state index in [0.29, 0.717) is 27.9 Å². The lowest BCUT2D eigenvalue weighted by molar-refractivity contribution is 0.457. The number of H-pyrrole nitrogens is 1. The highest BCUT2D eigenvalue weighted by Gasteiger charge is 2.22. The average Bonchev–Trinajstić information content (AvgIpc) is 3.23. The maximum atomic E-state index is 13.1. The van der Waals surface area contributed by atoms with Crippen LogP contribution in [0, 0.1) is 0 Å². The van der Waals surface area contributed by atoms with E-state index in [0.717, 1.165) is 16.1 Å². The Morgan fingerprint density at radius 1 is 0.889 bits per heavy atom. The second kappa shape index (κ2) is 9.93. The number of aromatic nitrogens is 1. The summed E-state index contributed by atoms with van der Waals surface area (Å²) in [6.45, 7) is 0. The van der Waals surface area contributed by atoms with Gasteiger partial charge in [-0.2, -0.15) is 0 Å². The van der Waals surface area contributed by atoms with Crippen LogP contribution in [-0.2, 0) is 10.0 Å². The molecule has 0 fully saturated rings. The van der Waals surface area contributed by atoms with Crippen molar-refractivity contribution in [2.75, 3.05) is 11.0 Å². The van der Waals surface area contributed by atoms with Crippen LogP contribution in [0.3, 0.4) is 0 Å². The van der Waals surface area contributed by atoms with Gasteiger partial charge in [0.2, 0.25) is 0 Å². The van der Waals surface area contributed by atoms with E-state index in [1.807, 2.05) is 66.9 Å². The van der Waals surface area contributed by atoms with Crippen molar-refractivity contribution < 1.29 is 13.5 Å². The van der Waals surface area contributed by atoms with Gasteiger partial charge in [-0.3, -0.25) is 4.72 Å². The summed E-state index contributed by atoms with van der Waals surface area (Å²) < 4.78 is 28.9.